The number of nitrogens with two attached hydrogens (primary N) is 1. The molecule has 0 unspecified atom stereocenters. The second-order valence-corrected chi connectivity index (χ2v) is 4.49. The maximum absolute atomic E-state index is 6.33. The van der Waals surface area contributed by atoms with Crippen LogP contribution < -0.4 is 5.73 Å². The Bertz CT molecular complexity index is 731. The van der Waals surface area contributed by atoms with Crippen molar-refractivity contribution in [3.63, 3.8) is 0 Å². The van der Waals surface area contributed by atoms with E-state index in [1.807, 2.05) is 12.1 Å². The summed E-state index contributed by atoms with van der Waals surface area (Å²) in [6.07, 6.45) is 9.98. The normalized spacial score (nSPS) is 10.4. The van der Waals surface area contributed by atoms with Crippen molar-refractivity contribution in [1.29, 1.82) is 0 Å². The van der Waals surface area contributed by atoms with Gasteiger partial charge in [0, 0.05) is 53.2 Å². The molecule has 6 heteroatoms. The van der Waals surface area contributed by atoms with Crippen molar-refractivity contribution < 1.29 is 0 Å². The van der Waals surface area contributed by atoms with Gasteiger partial charge >= 0.3 is 0 Å². The molecule has 0 spiro atoms. The number of rotatable bonds is 2. The Morgan fingerprint density at radius 3 is 2.40 bits per heavy atom. The van der Waals surface area contributed by atoms with E-state index in [0.29, 0.717) is 5.02 Å². The molecule has 98 valence electrons. The molecular weight excluding hydrogens is 274 g/mol. The predicted octanol–water partition coefficient (Wildman–Crippen LogP) is 2.84. The summed E-state index contributed by atoms with van der Waals surface area (Å²) in [5.41, 5.74) is 9.09. The summed E-state index contributed by atoms with van der Waals surface area (Å²) < 4.78 is 0. The van der Waals surface area contributed by atoms with Crippen LogP contribution in [-0.2, 0) is 0 Å². The SMILES string of the molecule is Nc1ncc(-c2cncnc2)c(-c2cccnc2)c1Cl. The average Bonchev–Trinajstić information content (AvgIpc) is 2.51. The highest BCUT2D eigenvalue weighted by molar-refractivity contribution is 6.36. The van der Waals surface area contributed by atoms with Gasteiger partial charge in [-0.3, -0.25) is 4.98 Å². The molecule has 3 rings (SSSR count). The fourth-order valence-electron chi connectivity index (χ4n) is 1.95. The standard InChI is InChI=1S/C14H10ClN5/c15-13-12(9-2-1-3-17-4-9)11(7-20-14(13)16)10-5-18-8-19-6-10/h1-8H,(H2,16,20). The van der Waals surface area contributed by atoms with Crippen LogP contribution in [0.1, 0.15) is 0 Å². The maximum atomic E-state index is 6.33. The van der Waals surface area contributed by atoms with E-state index in [4.69, 9.17) is 17.3 Å². The monoisotopic (exact) mass is 283 g/mol. The van der Waals surface area contributed by atoms with Crippen LogP contribution in [-0.4, -0.2) is 19.9 Å². The van der Waals surface area contributed by atoms with E-state index in [9.17, 15) is 0 Å². The Kier molecular flexibility index (Phi) is 3.26. The quantitative estimate of drug-likeness (QED) is 0.782. The summed E-state index contributed by atoms with van der Waals surface area (Å²) in [6.45, 7) is 0. The fraction of sp³-hybridized carbons (Fsp3) is 0. The van der Waals surface area contributed by atoms with Crippen LogP contribution in [0.2, 0.25) is 5.02 Å². The van der Waals surface area contributed by atoms with Crippen LogP contribution in [0, 0.1) is 0 Å². The molecule has 0 atom stereocenters. The third kappa shape index (κ3) is 2.19. The summed E-state index contributed by atoms with van der Waals surface area (Å²) in [6, 6.07) is 3.76. The van der Waals surface area contributed by atoms with Gasteiger partial charge in [-0.05, 0) is 6.07 Å². The van der Waals surface area contributed by atoms with E-state index in [1.54, 1.807) is 31.0 Å². The summed E-state index contributed by atoms with van der Waals surface area (Å²) in [5.74, 6) is 0.283. The van der Waals surface area contributed by atoms with Gasteiger partial charge in [0.25, 0.3) is 0 Å². The second-order valence-electron chi connectivity index (χ2n) is 4.11. The van der Waals surface area contributed by atoms with Gasteiger partial charge < -0.3 is 5.73 Å². The van der Waals surface area contributed by atoms with E-state index in [2.05, 4.69) is 19.9 Å². The minimum Gasteiger partial charge on any atom is -0.382 e. The average molecular weight is 284 g/mol. The van der Waals surface area contributed by atoms with Crippen molar-refractivity contribution in [2.24, 2.45) is 0 Å². The van der Waals surface area contributed by atoms with Crippen molar-refractivity contribution in [2.45, 2.75) is 0 Å². The molecule has 0 bridgehead atoms. The van der Waals surface area contributed by atoms with Gasteiger partial charge in [-0.25, -0.2) is 15.0 Å². The molecule has 3 aromatic rings. The minimum absolute atomic E-state index is 0.283. The van der Waals surface area contributed by atoms with Gasteiger partial charge in [0.2, 0.25) is 0 Å². The van der Waals surface area contributed by atoms with E-state index in [1.165, 1.54) is 6.33 Å². The molecule has 5 nitrogen and oxygen atoms in total. The lowest BCUT2D eigenvalue weighted by atomic mass is 9.99. The van der Waals surface area contributed by atoms with Crippen molar-refractivity contribution in [3.8, 4) is 22.3 Å². The summed E-state index contributed by atoms with van der Waals surface area (Å²) in [4.78, 5) is 16.3. The molecule has 0 fully saturated rings. The molecule has 0 aliphatic heterocycles. The number of hydrogen-bond acceptors (Lipinski definition) is 5. The Balaban J connectivity index is 2.29. The van der Waals surface area contributed by atoms with Crippen LogP contribution in [0.3, 0.4) is 0 Å². The zero-order chi connectivity index (χ0) is 13.9. The van der Waals surface area contributed by atoms with Gasteiger partial charge in [0.15, 0.2) is 0 Å². The van der Waals surface area contributed by atoms with Crippen LogP contribution in [0.5, 0.6) is 0 Å². The smallest absolute Gasteiger partial charge is 0.142 e. The Morgan fingerprint density at radius 2 is 1.70 bits per heavy atom. The molecular formula is C14H10ClN5. The summed E-state index contributed by atoms with van der Waals surface area (Å²) in [5, 5.41) is 0.402. The van der Waals surface area contributed by atoms with Gasteiger partial charge in [-0.2, -0.15) is 0 Å². The van der Waals surface area contributed by atoms with E-state index in [0.717, 1.165) is 22.3 Å². The number of pyridine rings is 2. The van der Waals surface area contributed by atoms with Crippen LogP contribution >= 0.6 is 11.6 Å². The van der Waals surface area contributed by atoms with Gasteiger partial charge in [-0.15, -0.1) is 0 Å². The molecule has 3 heterocycles. The van der Waals surface area contributed by atoms with E-state index < -0.39 is 0 Å². The Morgan fingerprint density at radius 1 is 0.950 bits per heavy atom. The zero-order valence-corrected chi connectivity index (χ0v) is 11.1. The molecule has 0 radical (unpaired) electrons. The summed E-state index contributed by atoms with van der Waals surface area (Å²) in [7, 11) is 0. The number of halogens is 1. The predicted molar refractivity (Wildman–Crippen MR) is 77.9 cm³/mol. The van der Waals surface area contributed by atoms with Crippen LogP contribution in [0.4, 0.5) is 5.82 Å². The van der Waals surface area contributed by atoms with Gasteiger partial charge in [0.1, 0.15) is 12.1 Å². The lowest BCUT2D eigenvalue weighted by Gasteiger charge is -2.12. The lowest BCUT2D eigenvalue weighted by molar-refractivity contribution is 1.17. The van der Waals surface area contributed by atoms with Crippen molar-refractivity contribution >= 4 is 17.4 Å². The minimum atomic E-state index is 0.283. The number of aromatic nitrogens is 4. The molecule has 20 heavy (non-hydrogen) atoms. The molecule has 2 N–H and O–H groups in total. The zero-order valence-electron chi connectivity index (χ0n) is 10.4. The summed E-state index contributed by atoms with van der Waals surface area (Å²) >= 11 is 6.33. The van der Waals surface area contributed by atoms with Gasteiger partial charge in [-0.1, -0.05) is 17.7 Å². The number of hydrogen-bond donors (Lipinski definition) is 1. The molecule has 0 saturated heterocycles. The third-order valence-electron chi connectivity index (χ3n) is 2.87. The number of nitrogen functional groups attached to an aromatic ring is 1. The second kappa shape index (κ2) is 5.22. The Hall–Kier alpha value is -2.53. The molecule has 0 saturated carbocycles. The Labute approximate surface area is 120 Å². The molecule has 3 aromatic heterocycles. The van der Waals surface area contributed by atoms with Crippen LogP contribution in [0.15, 0.2) is 49.4 Å². The topological polar surface area (TPSA) is 77.6 Å². The molecule has 0 aliphatic rings. The molecule has 0 aliphatic carbocycles. The first-order valence-electron chi connectivity index (χ1n) is 5.87. The highest BCUT2D eigenvalue weighted by Gasteiger charge is 2.15. The van der Waals surface area contributed by atoms with Crippen LogP contribution in [0.25, 0.3) is 22.3 Å². The number of anilines is 1. The first kappa shape index (κ1) is 12.5. The van der Waals surface area contributed by atoms with Crippen molar-refractivity contribution in [3.05, 3.63) is 54.5 Å². The highest BCUT2D eigenvalue weighted by Crippen LogP contribution is 2.38. The third-order valence-corrected chi connectivity index (χ3v) is 3.25. The first-order valence-corrected chi connectivity index (χ1v) is 6.25. The van der Waals surface area contributed by atoms with E-state index >= 15 is 0 Å². The first-order chi connectivity index (χ1) is 9.77. The highest BCUT2D eigenvalue weighted by atomic mass is 35.5. The molecule has 0 amide bonds. The number of nitrogens with zero attached hydrogens (tertiary/aromatic N) is 4. The maximum Gasteiger partial charge on any atom is 0.142 e. The molecule has 0 aromatic carbocycles. The van der Waals surface area contributed by atoms with E-state index in [-0.39, 0.29) is 5.82 Å². The largest absolute Gasteiger partial charge is 0.382 e. The van der Waals surface area contributed by atoms with Crippen molar-refractivity contribution in [2.75, 3.05) is 5.73 Å². The van der Waals surface area contributed by atoms with Gasteiger partial charge in [0.05, 0.1) is 5.02 Å². The van der Waals surface area contributed by atoms with Crippen molar-refractivity contribution in [1.82, 2.24) is 19.9 Å². The lowest BCUT2D eigenvalue weighted by Crippen LogP contribution is -1.97. The fourth-order valence-corrected chi connectivity index (χ4v) is 2.21.